The highest BCUT2D eigenvalue weighted by Gasteiger charge is 2.20. The average molecular weight is 287 g/mol. The van der Waals surface area contributed by atoms with Crippen LogP contribution in [0.5, 0.6) is 0 Å². The summed E-state index contributed by atoms with van der Waals surface area (Å²) >= 11 is 5.86. The van der Waals surface area contributed by atoms with Gasteiger partial charge in [0.25, 0.3) is 0 Å². The van der Waals surface area contributed by atoms with Crippen LogP contribution >= 0.6 is 11.6 Å². The summed E-state index contributed by atoms with van der Waals surface area (Å²) in [7, 11) is -3.75. The number of anilines is 1. The largest absolute Gasteiger partial charge is 0.398 e. The molecule has 18 heavy (non-hydrogen) atoms. The SMILES string of the molecule is Nc1cccc(Cl)c1S(=O)(=O)NCc1ccn[nH]1. The number of rotatable bonds is 4. The number of hydrogen-bond donors (Lipinski definition) is 3. The number of halogens is 1. The third kappa shape index (κ3) is 2.63. The Kier molecular flexibility index (Phi) is 3.55. The van der Waals surface area contributed by atoms with Gasteiger partial charge in [0.15, 0.2) is 0 Å². The topological polar surface area (TPSA) is 101 Å². The predicted octanol–water partition coefficient (Wildman–Crippen LogP) is 1.12. The monoisotopic (exact) mass is 286 g/mol. The molecular formula is C10H11ClN4O2S. The molecule has 4 N–H and O–H groups in total. The second kappa shape index (κ2) is 4.97. The van der Waals surface area contributed by atoms with Crippen molar-refractivity contribution >= 4 is 27.3 Å². The summed E-state index contributed by atoms with van der Waals surface area (Å²) < 4.78 is 26.5. The number of sulfonamides is 1. The van der Waals surface area contributed by atoms with Crippen LogP contribution in [-0.2, 0) is 16.6 Å². The van der Waals surface area contributed by atoms with Crippen molar-refractivity contribution in [2.24, 2.45) is 0 Å². The van der Waals surface area contributed by atoms with Crippen LogP contribution in [0, 0.1) is 0 Å². The molecule has 0 spiro atoms. The molecule has 6 nitrogen and oxygen atoms in total. The van der Waals surface area contributed by atoms with Crippen molar-refractivity contribution in [1.82, 2.24) is 14.9 Å². The van der Waals surface area contributed by atoms with Gasteiger partial charge in [-0.3, -0.25) is 5.10 Å². The number of benzene rings is 1. The van der Waals surface area contributed by atoms with Crippen LogP contribution in [0.2, 0.25) is 5.02 Å². The van der Waals surface area contributed by atoms with Crippen molar-refractivity contribution in [3.63, 3.8) is 0 Å². The van der Waals surface area contributed by atoms with Crippen molar-refractivity contribution in [1.29, 1.82) is 0 Å². The fourth-order valence-electron chi connectivity index (χ4n) is 1.44. The number of nitrogens with one attached hydrogen (secondary N) is 2. The first kappa shape index (κ1) is 12.9. The van der Waals surface area contributed by atoms with Gasteiger partial charge in [-0.2, -0.15) is 5.10 Å². The van der Waals surface area contributed by atoms with E-state index < -0.39 is 10.0 Å². The molecule has 1 aromatic carbocycles. The molecule has 1 heterocycles. The molecular weight excluding hydrogens is 276 g/mol. The van der Waals surface area contributed by atoms with Crippen molar-refractivity contribution in [3.8, 4) is 0 Å². The Morgan fingerprint density at radius 1 is 1.39 bits per heavy atom. The second-order valence-electron chi connectivity index (χ2n) is 3.56. The molecule has 0 aliphatic rings. The molecule has 0 atom stereocenters. The van der Waals surface area contributed by atoms with E-state index in [1.807, 2.05) is 0 Å². The number of aromatic nitrogens is 2. The van der Waals surface area contributed by atoms with Crippen LogP contribution in [0.4, 0.5) is 5.69 Å². The first-order valence-electron chi connectivity index (χ1n) is 5.02. The Balaban J connectivity index is 2.26. The summed E-state index contributed by atoms with van der Waals surface area (Å²) in [6, 6.07) is 6.21. The van der Waals surface area contributed by atoms with E-state index in [0.717, 1.165) is 0 Å². The molecule has 0 saturated carbocycles. The minimum Gasteiger partial charge on any atom is -0.398 e. The lowest BCUT2D eigenvalue weighted by atomic mass is 10.3. The standard InChI is InChI=1S/C10H11ClN4O2S/c11-8-2-1-3-9(12)10(8)18(16,17)14-6-7-4-5-13-15-7/h1-5,14H,6,12H2,(H,13,15). The van der Waals surface area contributed by atoms with Crippen LogP contribution in [0.15, 0.2) is 35.4 Å². The molecule has 0 aliphatic heterocycles. The maximum Gasteiger partial charge on any atom is 0.244 e. The smallest absolute Gasteiger partial charge is 0.244 e. The first-order valence-corrected chi connectivity index (χ1v) is 6.89. The van der Waals surface area contributed by atoms with Crippen LogP contribution in [0.25, 0.3) is 0 Å². The quantitative estimate of drug-likeness (QED) is 0.733. The predicted molar refractivity (Wildman–Crippen MR) is 68.5 cm³/mol. The van der Waals surface area contributed by atoms with E-state index in [-0.39, 0.29) is 22.2 Å². The Morgan fingerprint density at radius 3 is 2.78 bits per heavy atom. The lowest BCUT2D eigenvalue weighted by Gasteiger charge is -2.09. The highest BCUT2D eigenvalue weighted by molar-refractivity contribution is 7.89. The van der Waals surface area contributed by atoms with Gasteiger partial charge >= 0.3 is 0 Å². The van der Waals surface area contributed by atoms with Gasteiger partial charge in [0.2, 0.25) is 10.0 Å². The Morgan fingerprint density at radius 2 is 2.17 bits per heavy atom. The third-order valence-electron chi connectivity index (χ3n) is 2.28. The van der Waals surface area contributed by atoms with E-state index in [9.17, 15) is 8.42 Å². The molecule has 2 rings (SSSR count). The molecule has 0 bridgehead atoms. The zero-order valence-corrected chi connectivity index (χ0v) is 10.8. The zero-order valence-electron chi connectivity index (χ0n) is 9.22. The molecule has 8 heteroatoms. The number of H-pyrrole nitrogens is 1. The fraction of sp³-hybridized carbons (Fsp3) is 0.100. The molecule has 2 aromatic rings. The van der Waals surface area contributed by atoms with Crippen molar-refractivity contribution in [2.75, 3.05) is 5.73 Å². The van der Waals surface area contributed by atoms with Crippen molar-refractivity contribution < 1.29 is 8.42 Å². The first-order chi connectivity index (χ1) is 8.50. The van der Waals surface area contributed by atoms with E-state index in [1.165, 1.54) is 18.3 Å². The number of nitrogens with zero attached hydrogens (tertiary/aromatic N) is 1. The molecule has 0 fully saturated rings. The molecule has 1 aromatic heterocycles. The van der Waals surface area contributed by atoms with Gasteiger partial charge in [-0.05, 0) is 18.2 Å². The van der Waals surface area contributed by atoms with Crippen LogP contribution in [-0.4, -0.2) is 18.6 Å². The summed E-state index contributed by atoms with van der Waals surface area (Å²) in [5.74, 6) is 0. The highest BCUT2D eigenvalue weighted by Crippen LogP contribution is 2.26. The van der Waals surface area contributed by atoms with Crippen LogP contribution in [0.1, 0.15) is 5.69 Å². The zero-order chi connectivity index (χ0) is 13.2. The van der Waals surface area contributed by atoms with Gasteiger partial charge in [-0.25, -0.2) is 13.1 Å². The summed E-state index contributed by atoms with van der Waals surface area (Å²) in [5, 5.41) is 6.46. The van der Waals surface area contributed by atoms with Gasteiger partial charge in [-0.1, -0.05) is 17.7 Å². The fourth-order valence-corrected chi connectivity index (χ4v) is 3.12. The van der Waals surface area contributed by atoms with Crippen LogP contribution in [0.3, 0.4) is 0 Å². The number of aromatic amines is 1. The summed E-state index contributed by atoms with van der Waals surface area (Å²) in [6.07, 6.45) is 1.54. The number of hydrogen-bond acceptors (Lipinski definition) is 4. The van der Waals surface area contributed by atoms with E-state index in [4.69, 9.17) is 17.3 Å². The van der Waals surface area contributed by atoms with E-state index >= 15 is 0 Å². The Bertz CT molecular complexity index is 620. The number of nitrogens with two attached hydrogens (primary N) is 1. The maximum atomic E-state index is 12.1. The molecule has 0 saturated heterocycles. The van der Waals surface area contributed by atoms with Gasteiger partial charge in [-0.15, -0.1) is 0 Å². The minimum atomic E-state index is -3.75. The van der Waals surface area contributed by atoms with E-state index in [0.29, 0.717) is 5.69 Å². The van der Waals surface area contributed by atoms with Gasteiger partial charge < -0.3 is 5.73 Å². The lowest BCUT2D eigenvalue weighted by molar-refractivity contribution is 0.581. The minimum absolute atomic E-state index is 0.0899. The molecule has 0 radical (unpaired) electrons. The van der Waals surface area contributed by atoms with E-state index in [2.05, 4.69) is 14.9 Å². The maximum absolute atomic E-state index is 12.1. The molecule has 0 aliphatic carbocycles. The van der Waals surface area contributed by atoms with Gasteiger partial charge in [0.05, 0.1) is 22.9 Å². The van der Waals surface area contributed by atoms with Crippen molar-refractivity contribution in [2.45, 2.75) is 11.4 Å². The summed E-state index contributed by atoms with van der Waals surface area (Å²) in [5.41, 5.74) is 6.39. The molecule has 0 unspecified atom stereocenters. The highest BCUT2D eigenvalue weighted by atomic mass is 35.5. The van der Waals surface area contributed by atoms with Gasteiger partial charge in [0, 0.05) is 6.20 Å². The lowest BCUT2D eigenvalue weighted by Crippen LogP contribution is -2.24. The Hall–Kier alpha value is -1.57. The van der Waals surface area contributed by atoms with E-state index in [1.54, 1.807) is 12.1 Å². The average Bonchev–Trinajstić information content (AvgIpc) is 2.78. The normalized spacial score (nSPS) is 11.6. The molecule has 96 valence electrons. The van der Waals surface area contributed by atoms with Gasteiger partial charge in [0.1, 0.15) is 4.90 Å². The summed E-state index contributed by atoms with van der Waals surface area (Å²) in [4.78, 5) is -0.105. The molecule has 0 amide bonds. The Labute approximate surface area is 109 Å². The van der Waals surface area contributed by atoms with Crippen molar-refractivity contribution in [3.05, 3.63) is 41.2 Å². The third-order valence-corrected chi connectivity index (χ3v) is 4.22. The number of nitrogen functional groups attached to an aromatic ring is 1. The van der Waals surface area contributed by atoms with Crippen LogP contribution < -0.4 is 10.5 Å². The summed E-state index contributed by atoms with van der Waals surface area (Å²) in [6.45, 7) is 0.0903. The second-order valence-corrected chi connectivity index (χ2v) is 5.68.